The van der Waals surface area contributed by atoms with Crippen LogP contribution in [-0.2, 0) is 0 Å². The van der Waals surface area contributed by atoms with Gasteiger partial charge in [0.1, 0.15) is 0 Å². The molecular weight excluding hydrogens is 1150 g/mol. The first-order chi connectivity index (χ1) is 45.7. The van der Waals surface area contributed by atoms with E-state index >= 15 is 0 Å². The van der Waals surface area contributed by atoms with Crippen molar-refractivity contribution >= 4 is 173 Å². The Morgan fingerprint density at radius 2 is 0.674 bits per heavy atom. The Hall–Kier alpha value is -11.1. The molecule has 13 aromatic carbocycles. The van der Waals surface area contributed by atoms with E-state index in [0.717, 1.165) is 62.6 Å². The predicted octanol–water partition coefficient (Wildman–Crippen LogP) is 18.9. The lowest BCUT2D eigenvalue weighted by Gasteiger charge is -2.47. The first-order valence-electron chi connectivity index (χ1n) is 31.7. The van der Waals surface area contributed by atoms with Gasteiger partial charge in [-0.1, -0.05) is 212 Å². The topological polar surface area (TPSA) is 16.2 Å². The van der Waals surface area contributed by atoms with Crippen molar-refractivity contribution in [1.82, 2.24) is 0 Å². The Kier molecular flexibility index (Phi) is 12.2. The second-order valence-corrected chi connectivity index (χ2v) is 26.4. The van der Waals surface area contributed by atoms with Crippen LogP contribution in [0.1, 0.15) is 22.6 Å². The number of thiophene rings is 2. The molecule has 0 unspecified atom stereocenters. The van der Waals surface area contributed by atoms with E-state index in [9.17, 15) is 0 Å². The van der Waals surface area contributed by atoms with Crippen LogP contribution in [0.25, 0.3) is 20.2 Å². The Balaban J connectivity index is 0.962. The number of para-hydroxylation sites is 6. The van der Waals surface area contributed by atoms with E-state index in [4.69, 9.17) is 0 Å². The minimum atomic E-state index is -0.167. The van der Waals surface area contributed by atoms with Gasteiger partial charge < -0.3 is 24.5 Å². The number of benzene rings is 13. The Bertz CT molecular complexity index is 5250. The molecule has 15 aromatic rings. The van der Waals surface area contributed by atoms with Crippen molar-refractivity contribution < 1.29 is 0 Å². The zero-order valence-electron chi connectivity index (χ0n) is 50.0. The summed E-state index contributed by atoms with van der Waals surface area (Å²) in [5.41, 5.74) is 26.1. The first kappa shape index (κ1) is 52.8. The lowest BCUT2D eigenvalue weighted by molar-refractivity contribution is 0.976. The zero-order valence-corrected chi connectivity index (χ0v) is 51.6. The van der Waals surface area contributed by atoms with Gasteiger partial charge in [0, 0.05) is 93.7 Å². The predicted molar refractivity (Wildman–Crippen MR) is 394 cm³/mol. The van der Waals surface area contributed by atoms with Gasteiger partial charge in [0.15, 0.2) is 0 Å². The van der Waals surface area contributed by atoms with E-state index in [1.54, 1.807) is 0 Å². The maximum Gasteiger partial charge on any atom is 0.264 e. The van der Waals surface area contributed by atoms with Gasteiger partial charge in [-0.05, 0) is 165 Å². The highest BCUT2D eigenvalue weighted by Gasteiger charge is 2.51. The summed E-state index contributed by atoms with van der Waals surface area (Å²) in [7, 11) is 0. The van der Waals surface area contributed by atoms with Gasteiger partial charge in [-0.25, -0.2) is 0 Å². The van der Waals surface area contributed by atoms with Crippen molar-refractivity contribution in [3.8, 4) is 0 Å². The molecule has 6 heterocycles. The molecule has 0 aliphatic carbocycles. The summed E-state index contributed by atoms with van der Waals surface area (Å²) in [5.74, 6) is -0.0746. The molecule has 4 aliphatic heterocycles. The number of hydrogen-bond acceptors (Lipinski definition) is 7. The summed E-state index contributed by atoms with van der Waals surface area (Å²) in [4.78, 5) is 12.9. The van der Waals surface area contributed by atoms with E-state index in [2.05, 4.69) is 352 Å². The second kappa shape index (κ2) is 21.3. The highest BCUT2D eigenvalue weighted by Crippen LogP contribution is 2.54. The fraction of sp³-hybridized carbons (Fsp3) is 0.0120. The molecule has 2 aromatic heterocycles. The molecule has 0 bridgehead atoms. The summed E-state index contributed by atoms with van der Waals surface area (Å²) in [6.45, 7) is -0.310. The maximum atomic E-state index is 2.69. The van der Waals surface area contributed by atoms with Gasteiger partial charge in [-0.15, -0.1) is 22.7 Å². The average Bonchev–Trinajstić information content (AvgIpc) is 1.16. The molecule has 0 radical (unpaired) electrons. The van der Waals surface area contributed by atoms with E-state index in [-0.39, 0.29) is 19.3 Å². The molecule has 0 atom stereocenters. The van der Waals surface area contributed by atoms with Gasteiger partial charge in [-0.2, -0.15) is 0 Å². The number of fused-ring (bicyclic) bond motifs is 12. The number of anilines is 15. The van der Waals surface area contributed by atoms with Crippen LogP contribution in [0, 0.1) is 0 Å². The molecule has 430 valence electrons. The minimum absolute atomic E-state index is 0.0746. The van der Waals surface area contributed by atoms with E-state index in [1.165, 1.54) is 91.0 Å². The van der Waals surface area contributed by atoms with Gasteiger partial charge >= 0.3 is 0 Å². The third kappa shape index (κ3) is 8.12. The molecule has 92 heavy (non-hydrogen) atoms. The van der Waals surface area contributed by atoms with Crippen molar-refractivity contribution in [2.45, 2.75) is 5.92 Å². The Morgan fingerprint density at radius 3 is 1.21 bits per heavy atom. The van der Waals surface area contributed by atoms with Crippen LogP contribution in [0.2, 0.25) is 0 Å². The van der Waals surface area contributed by atoms with E-state index < -0.39 is 0 Å². The van der Waals surface area contributed by atoms with Crippen LogP contribution < -0.4 is 56.6 Å². The highest BCUT2D eigenvalue weighted by molar-refractivity contribution is 7.34. The Labute approximate surface area is 544 Å². The van der Waals surface area contributed by atoms with Gasteiger partial charge in [0.2, 0.25) is 0 Å². The van der Waals surface area contributed by atoms with Crippen LogP contribution in [0.5, 0.6) is 0 Å². The zero-order chi connectivity index (χ0) is 60.4. The van der Waals surface area contributed by atoms with E-state index in [1.807, 2.05) is 22.7 Å². The molecular formula is C83H55B2N5S2. The van der Waals surface area contributed by atoms with Crippen molar-refractivity contribution in [1.29, 1.82) is 0 Å². The van der Waals surface area contributed by atoms with Gasteiger partial charge in [0.05, 0.1) is 16.4 Å². The third-order valence-corrected chi connectivity index (χ3v) is 21.6. The van der Waals surface area contributed by atoms with Crippen molar-refractivity contribution in [2.24, 2.45) is 0 Å². The quantitative estimate of drug-likeness (QED) is 0.0999. The number of hydrogen-bond donors (Lipinski definition) is 0. The molecule has 0 spiro atoms. The van der Waals surface area contributed by atoms with Crippen molar-refractivity contribution in [3.63, 3.8) is 0 Å². The van der Waals surface area contributed by atoms with Crippen molar-refractivity contribution in [2.75, 3.05) is 24.5 Å². The fourth-order valence-electron chi connectivity index (χ4n) is 15.5. The summed E-state index contributed by atoms with van der Waals surface area (Å²) in [6.07, 6.45) is 0. The van der Waals surface area contributed by atoms with Crippen LogP contribution in [0.15, 0.2) is 328 Å². The second-order valence-electron chi connectivity index (χ2n) is 24.3. The summed E-state index contributed by atoms with van der Waals surface area (Å²) >= 11 is 3.86. The lowest BCUT2D eigenvalue weighted by atomic mass is 9.31. The normalized spacial score (nSPS) is 13.2. The van der Waals surface area contributed by atoms with Crippen LogP contribution >= 0.6 is 22.7 Å². The molecule has 9 heteroatoms. The monoisotopic (exact) mass is 1210 g/mol. The minimum Gasteiger partial charge on any atom is -0.311 e. The van der Waals surface area contributed by atoms with Crippen LogP contribution in [-0.4, -0.2) is 13.4 Å². The lowest BCUT2D eigenvalue weighted by Crippen LogP contribution is -2.64. The summed E-state index contributed by atoms with van der Waals surface area (Å²) in [5, 5.41) is 3.78. The maximum absolute atomic E-state index is 2.69. The van der Waals surface area contributed by atoms with Gasteiger partial charge in [0.25, 0.3) is 13.4 Å². The van der Waals surface area contributed by atoms with E-state index in [0.29, 0.717) is 0 Å². The molecule has 0 saturated heterocycles. The first-order valence-corrected chi connectivity index (χ1v) is 33.3. The van der Waals surface area contributed by atoms with Crippen LogP contribution in [0.4, 0.5) is 84.6 Å². The summed E-state index contributed by atoms with van der Waals surface area (Å²) in [6, 6.07) is 122. The van der Waals surface area contributed by atoms with Gasteiger partial charge in [-0.3, -0.25) is 0 Å². The molecule has 0 saturated carbocycles. The molecule has 19 rings (SSSR count). The molecule has 5 nitrogen and oxygen atoms in total. The number of nitrogens with zero attached hydrogens (tertiary/aromatic N) is 5. The smallest absolute Gasteiger partial charge is 0.264 e. The number of rotatable bonds is 10. The standard InChI is InChI=1S/C83H55B2N5S2/c1-9-29-55(30-10-1)77(56-31-11-2-12-32-56)57-49-71-80-72(50-57)89(62-41-21-7-22-42-62)81-66-46-26-28-48-76(66)91-82(81)85(80)68-53-67-69(54-70(68)87(71)60-37-17-5-18-38-60)88(61-39-19-6-20-40-61)73-51-64(86(58-33-13-3-14-34-58)59-35-15-4-16-36-59)52-74-79(73)84(67)78-65-45-25-27-47-75(65)92-83(78)90(74)63-43-23-8-24-44-63/h1-54,77H. The fourth-order valence-corrected chi connectivity index (χ4v) is 18.1. The molecule has 4 aliphatic rings. The molecule has 0 N–H and O–H groups in total. The third-order valence-electron chi connectivity index (χ3n) is 19.2. The SMILES string of the molecule is c1ccc(C(c2ccccc2)c2cc3c4c(c2)N(c2ccccc2)c2c(sc5ccccc25)B4c2cc4c(cc2N3c2ccccc2)N(c2ccccc2)c2cc(N(c3ccccc3)c3ccccc3)cc3c2B4c2c(sc4ccccc24)N3c2ccccc2)cc1. The highest BCUT2D eigenvalue weighted by atomic mass is 32.1. The largest absolute Gasteiger partial charge is 0.311 e. The average molecular weight is 1210 g/mol. The summed E-state index contributed by atoms with van der Waals surface area (Å²) < 4.78 is 3.89. The Morgan fingerprint density at radius 1 is 0.283 bits per heavy atom. The van der Waals surface area contributed by atoms with Crippen molar-refractivity contribution in [3.05, 3.63) is 344 Å². The van der Waals surface area contributed by atoms with Crippen LogP contribution in [0.3, 0.4) is 0 Å². The molecule has 0 fully saturated rings. The molecule has 0 amide bonds.